The van der Waals surface area contributed by atoms with Crippen LogP contribution in [0.1, 0.15) is 22.8 Å². The molecule has 0 unspecified atom stereocenters. The van der Waals surface area contributed by atoms with Gasteiger partial charge in [-0.15, -0.1) is 0 Å². The number of esters is 1. The number of hydrogen-bond acceptors (Lipinski definition) is 8. The molecule has 0 saturated carbocycles. The van der Waals surface area contributed by atoms with Gasteiger partial charge in [-0.25, -0.2) is 14.4 Å². The molecule has 3 aromatic rings. The smallest absolute Gasteiger partial charge is 0.411 e. The number of fused-ring (bicyclic) bond motifs is 1. The summed E-state index contributed by atoms with van der Waals surface area (Å²) < 4.78 is 15.1. The van der Waals surface area contributed by atoms with E-state index in [2.05, 4.69) is 5.32 Å². The molecular weight excluding hydrogens is 396 g/mol. The van der Waals surface area contributed by atoms with Crippen LogP contribution in [0.4, 0.5) is 16.2 Å². The maximum Gasteiger partial charge on any atom is 0.411 e. The van der Waals surface area contributed by atoms with E-state index in [-0.39, 0.29) is 30.0 Å². The van der Waals surface area contributed by atoms with Gasteiger partial charge in [-0.05, 0) is 25.1 Å². The molecule has 10 nitrogen and oxygen atoms in total. The molecule has 0 aliphatic heterocycles. The SMILES string of the molecule is CCOC(=O)Nc1ccc2c(COC(=O)c3ccccc3[N+](=O)[O-])cc(=O)oc2c1. The fourth-order valence-corrected chi connectivity index (χ4v) is 2.74. The number of rotatable bonds is 6. The maximum atomic E-state index is 12.3. The molecule has 0 radical (unpaired) electrons. The summed E-state index contributed by atoms with van der Waals surface area (Å²) in [4.78, 5) is 46.1. The highest BCUT2D eigenvalue weighted by Crippen LogP contribution is 2.23. The number of nitrogens with zero attached hydrogens (tertiary/aromatic N) is 1. The van der Waals surface area contributed by atoms with Crippen molar-refractivity contribution >= 4 is 34.4 Å². The number of nitrogens with one attached hydrogen (secondary N) is 1. The normalized spacial score (nSPS) is 10.4. The van der Waals surface area contributed by atoms with E-state index in [4.69, 9.17) is 13.9 Å². The molecule has 1 aromatic heterocycles. The number of carbonyl (C=O) groups is 2. The van der Waals surface area contributed by atoms with Gasteiger partial charge >= 0.3 is 17.7 Å². The van der Waals surface area contributed by atoms with E-state index in [9.17, 15) is 24.5 Å². The van der Waals surface area contributed by atoms with Crippen molar-refractivity contribution in [1.29, 1.82) is 0 Å². The van der Waals surface area contributed by atoms with Gasteiger partial charge in [-0.3, -0.25) is 15.4 Å². The van der Waals surface area contributed by atoms with Crippen molar-refractivity contribution in [2.45, 2.75) is 13.5 Å². The maximum absolute atomic E-state index is 12.3. The minimum absolute atomic E-state index is 0.161. The Morgan fingerprint density at radius 3 is 2.63 bits per heavy atom. The average Bonchev–Trinajstić information content (AvgIpc) is 2.71. The molecule has 0 bridgehead atoms. The lowest BCUT2D eigenvalue weighted by Gasteiger charge is -2.09. The van der Waals surface area contributed by atoms with E-state index < -0.39 is 22.6 Å². The topological polar surface area (TPSA) is 138 Å². The molecule has 0 saturated heterocycles. The van der Waals surface area contributed by atoms with E-state index in [1.807, 2.05) is 0 Å². The molecule has 3 rings (SSSR count). The molecule has 0 fully saturated rings. The summed E-state index contributed by atoms with van der Waals surface area (Å²) in [5.74, 6) is -0.899. The average molecular weight is 412 g/mol. The third-order valence-corrected chi connectivity index (χ3v) is 4.03. The highest BCUT2D eigenvalue weighted by molar-refractivity contribution is 5.94. The Morgan fingerprint density at radius 1 is 1.13 bits per heavy atom. The summed E-state index contributed by atoms with van der Waals surface area (Å²) in [6, 6.07) is 11.1. The van der Waals surface area contributed by atoms with Crippen LogP contribution in [0, 0.1) is 10.1 Å². The van der Waals surface area contributed by atoms with Crippen LogP contribution in [0.15, 0.2) is 57.7 Å². The summed E-state index contributed by atoms with van der Waals surface area (Å²) in [5, 5.41) is 14.0. The largest absolute Gasteiger partial charge is 0.457 e. The van der Waals surface area contributed by atoms with Gasteiger partial charge in [0.1, 0.15) is 17.8 Å². The number of amides is 1. The van der Waals surface area contributed by atoms with Gasteiger partial charge in [-0.1, -0.05) is 12.1 Å². The van der Waals surface area contributed by atoms with Crippen LogP contribution in [0.5, 0.6) is 0 Å². The van der Waals surface area contributed by atoms with Crippen LogP contribution in [0.2, 0.25) is 0 Å². The van der Waals surface area contributed by atoms with E-state index in [0.717, 1.165) is 6.07 Å². The first-order valence-corrected chi connectivity index (χ1v) is 8.80. The lowest BCUT2D eigenvalue weighted by atomic mass is 10.1. The second-order valence-corrected chi connectivity index (χ2v) is 6.00. The zero-order valence-electron chi connectivity index (χ0n) is 15.7. The summed E-state index contributed by atoms with van der Waals surface area (Å²) in [6.07, 6.45) is -0.659. The second kappa shape index (κ2) is 8.86. The van der Waals surface area contributed by atoms with Crippen LogP contribution in [-0.2, 0) is 16.1 Å². The Hall–Kier alpha value is -4.21. The predicted molar refractivity (Wildman–Crippen MR) is 105 cm³/mol. The molecule has 1 N–H and O–H groups in total. The molecule has 2 aromatic carbocycles. The standard InChI is InChI=1S/C20H16N2O8/c1-2-28-20(25)21-13-7-8-14-12(9-18(23)30-17(14)10-13)11-29-19(24)15-5-3-4-6-16(15)22(26)27/h3-10H,2,11H2,1H3,(H,21,25). The van der Waals surface area contributed by atoms with Crippen molar-refractivity contribution in [3.63, 3.8) is 0 Å². The molecule has 0 aliphatic carbocycles. The third kappa shape index (κ3) is 4.61. The van der Waals surface area contributed by atoms with Gasteiger partial charge in [0, 0.05) is 34.8 Å². The van der Waals surface area contributed by atoms with Crippen LogP contribution in [-0.4, -0.2) is 23.6 Å². The molecule has 10 heteroatoms. The van der Waals surface area contributed by atoms with E-state index in [1.165, 1.54) is 30.3 Å². The van der Waals surface area contributed by atoms with Crippen molar-refractivity contribution in [2.75, 3.05) is 11.9 Å². The number of anilines is 1. The highest BCUT2D eigenvalue weighted by atomic mass is 16.6. The van der Waals surface area contributed by atoms with E-state index >= 15 is 0 Å². The lowest BCUT2D eigenvalue weighted by Crippen LogP contribution is -2.13. The number of nitro benzene ring substituents is 1. The predicted octanol–water partition coefficient (Wildman–Crippen LogP) is 3.63. The van der Waals surface area contributed by atoms with E-state index in [1.54, 1.807) is 19.1 Å². The monoisotopic (exact) mass is 412 g/mol. The molecule has 30 heavy (non-hydrogen) atoms. The fraction of sp³-hybridized carbons (Fsp3) is 0.150. The number of para-hydroxylation sites is 1. The Labute approximate surface area is 169 Å². The van der Waals surface area contributed by atoms with E-state index in [0.29, 0.717) is 16.6 Å². The highest BCUT2D eigenvalue weighted by Gasteiger charge is 2.21. The minimum Gasteiger partial charge on any atom is -0.457 e. The first-order valence-electron chi connectivity index (χ1n) is 8.80. The zero-order valence-corrected chi connectivity index (χ0v) is 15.7. The quantitative estimate of drug-likeness (QED) is 0.280. The van der Waals surface area contributed by atoms with Gasteiger partial charge < -0.3 is 13.9 Å². The summed E-state index contributed by atoms with van der Waals surface area (Å²) in [6.45, 7) is 1.55. The molecule has 1 amide bonds. The van der Waals surface area contributed by atoms with Crippen molar-refractivity contribution in [3.8, 4) is 0 Å². The van der Waals surface area contributed by atoms with Gasteiger partial charge in [0.05, 0.1) is 11.5 Å². The summed E-state index contributed by atoms with van der Waals surface area (Å²) in [5.41, 5.74) is -0.416. The van der Waals surface area contributed by atoms with Gasteiger partial charge in [-0.2, -0.15) is 0 Å². The first kappa shape index (κ1) is 20.5. The molecule has 0 spiro atoms. The van der Waals surface area contributed by atoms with Gasteiger partial charge in [0.25, 0.3) is 5.69 Å². The Bertz CT molecular complexity index is 1180. The number of ether oxygens (including phenoxy) is 2. The summed E-state index contributed by atoms with van der Waals surface area (Å²) >= 11 is 0. The summed E-state index contributed by atoms with van der Waals surface area (Å²) in [7, 11) is 0. The van der Waals surface area contributed by atoms with Crippen molar-refractivity contribution in [1.82, 2.24) is 0 Å². The van der Waals surface area contributed by atoms with Crippen LogP contribution >= 0.6 is 0 Å². The van der Waals surface area contributed by atoms with Gasteiger partial charge in [0.2, 0.25) is 0 Å². The van der Waals surface area contributed by atoms with Crippen LogP contribution in [0.25, 0.3) is 11.0 Å². The zero-order chi connectivity index (χ0) is 21.7. The van der Waals surface area contributed by atoms with Crippen LogP contribution < -0.4 is 10.9 Å². The molecule has 0 atom stereocenters. The molecule has 154 valence electrons. The van der Waals surface area contributed by atoms with Crippen molar-refractivity contribution < 1.29 is 28.4 Å². The number of benzene rings is 2. The van der Waals surface area contributed by atoms with Crippen molar-refractivity contribution in [2.24, 2.45) is 0 Å². The lowest BCUT2D eigenvalue weighted by molar-refractivity contribution is -0.385. The first-order chi connectivity index (χ1) is 14.4. The molecule has 1 heterocycles. The Balaban J connectivity index is 1.84. The Kier molecular flexibility index (Phi) is 6.06. The van der Waals surface area contributed by atoms with Crippen molar-refractivity contribution in [3.05, 3.63) is 80.2 Å². The van der Waals surface area contributed by atoms with Gasteiger partial charge in [0.15, 0.2) is 0 Å². The second-order valence-electron chi connectivity index (χ2n) is 6.00. The fourth-order valence-electron chi connectivity index (χ4n) is 2.74. The van der Waals surface area contributed by atoms with Crippen LogP contribution in [0.3, 0.4) is 0 Å². The molecule has 0 aliphatic rings. The molecular formula is C20H16N2O8. The number of carbonyl (C=O) groups excluding carboxylic acids is 2. The number of hydrogen-bond donors (Lipinski definition) is 1. The minimum atomic E-state index is -0.899. The number of nitro groups is 1. The Morgan fingerprint density at radius 2 is 1.90 bits per heavy atom. The third-order valence-electron chi connectivity index (χ3n) is 4.03.